The number of para-hydroxylation sites is 1. The minimum Gasteiger partial charge on any atom is -0.327 e. The molecule has 1 aromatic carbocycles. The van der Waals surface area contributed by atoms with Gasteiger partial charge < -0.3 is 11.1 Å². The summed E-state index contributed by atoms with van der Waals surface area (Å²) < 4.78 is 0. The Hall–Kier alpha value is -0.770. The molecule has 0 aliphatic heterocycles. The Morgan fingerprint density at radius 3 is 2.56 bits per heavy atom. The third-order valence-electron chi connectivity index (χ3n) is 3.75. The molecule has 0 heterocycles. The monoisotopic (exact) mass is 286 g/mol. The van der Waals surface area contributed by atoms with Crippen LogP contribution in [0.25, 0.3) is 0 Å². The van der Waals surface area contributed by atoms with Gasteiger partial charge in [0.25, 0.3) is 0 Å². The molecule has 2 atom stereocenters. The third-order valence-corrected chi connectivity index (χ3v) is 4.38. The number of hydrogen-bond acceptors (Lipinski definition) is 2. The molecule has 3 N–H and O–H groups in total. The van der Waals surface area contributed by atoms with Crippen LogP contribution in [0.2, 0.25) is 10.0 Å². The quantitative estimate of drug-likeness (QED) is 0.875. The molecule has 2 rings (SSSR count). The zero-order valence-corrected chi connectivity index (χ0v) is 11.7. The summed E-state index contributed by atoms with van der Waals surface area (Å²) in [5, 5.41) is 3.68. The van der Waals surface area contributed by atoms with E-state index in [0.717, 1.165) is 19.3 Å². The molecule has 1 saturated carbocycles. The Balaban J connectivity index is 2.22. The first-order valence-corrected chi connectivity index (χ1v) is 6.72. The fourth-order valence-corrected chi connectivity index (χ4v) is 2.84. The molecule has 3 nitrogen and oxygen atoms in total. The summed E-state index contributed by atoms with van der Waals surface area (Å²) in [5.74, 6) is -0.109. The van der Waals surface area contributed by atoms with Crippen molar-refractivity contribution in [2.75, 3.05) is 5.32 Å². The standard InChI is InChI=1S/C13H16Cl2N2O/c1-13(7-3-6-10(13)16)12(18)17-11-8(14)4-2-5-9(11)15/h2,4-5,10H,3,6-7,16H2,1H3,(H,17,18). The Labute approximate surface area is 117 Å². The van der Waals surface area contributed by atoms with Crippen LogP contribution in [0.4, 0.5) is 5.69 Å². The zero-order valence-electron chi connectivity index (χ0n) is 10.2. The van der Waals surface area contributed by atoms with Gasteiger partial charge in [0, 0.05) is 6.04 Å². The van der Waals surface area contributed by atoms with Crippen LogP contribution >= 0.6 is 23.2 Å². The lowest BCUT2D eigenvalue weighted by atomic mass is 9.84. The second-order valence-corrected chi connectivity index (χ2v) is 5.78. The number of hydrogen-bond donors (Lipinski definition) is 2. The van der Waals surface area contributed by atoms with Gasteiger partial charge in [0.2, 0.25) is 5.91 Å². The maximum atomic E-state index is 12.3. The molecule has 1 aliphatic carbocycles. The second kappa shape index (κ2) is 5.08. The van der Waals surface area contributed by atoms with Gasteiger partial charge >= 0.3 is 0 Å². The highest BCUT2D eigenvalue weighted by Gasteiger charge is 2.43. The van der Waals surface area contributed by atoms with Crippen molar-refractivity contribution in [1.29, 1.82) is 0 Å². The highest BCUT2D eigenvalue weighted by molar-refractivity contribution is 6.39. The summed E-state index contributed by atoms with van der Waals surface area (Å²) in [5.41, 5.74) is 5.94. The molecule has 1 fully saturated rings. The minimum atomic E-state index is -0.539. The van der Waals surface area contributed by atoms with Gasteiger partial charge in [0.1, 0.15) is 0 Å². The molecular formula is C13H16Cl2N2O. The molecule has 0 spiro atoms. The molecular weight excluding hydrogens is 271 g/mol. The lowest BCUT2D eigenvalue weighted by molar-refractivity contribution is -0.125. The van der Waals surface area contributed by atoms with Crippen LogP contribution in [-0.4, -0.2) is 11.9 Å². The first-order valence-electron chi connectivity index (χ1n) is 5.96. The van der Waals surface area contributed by atoms with Crippen LogP contribution in [0, 0.1) is 5.41 Å². The average Bonchev–Trinajstić information content (AvgIpc) is 2.66. The molecule has 0 saturated heterocycles. The number of nitrogens with one attached hydrogen (secondary N) is 1. The van der Waals surface area contributed by atoms with Gasteiger partial charge in [0.05, 0.1) is 21.1 Å². The summed E-state index contributed by atoms with van der Waals surface area (Å²) in [4.78, 5) is 12.3. The molecule has 18 heavy (non-hydrogen) atoms. The lowest BCUT2D eigenvalue weighted by Gasteiger charge is -2.27. The van der Waals surface area contributed by atoms with Crippen molar-refractivity contribution in [2.24, 2.45) is 11.1 Å². The molecule has 1 aromatic rings. The van der Waals surface area contributed by atoms with Gasteiger partial charge in [-0.1, -0.05) is 35.7 Å². The van der Waals surface area contributed by atoms with E-state index >= 15 is 0 Å². The average molecular weight is 287 g/mol. The number of amides is 1. The number of anilines is 1. The van der Waals surface area contributed by atoms with Gasteiger partial charge in [-0.2, -0.15) is 0 Å². The lowest BCUT2D eigenvalue weighted by Crippen LogP contribution is -2.44. The van der Waals surface area contributed by atoms with E-state index in [4.69, 9.17) is 28.9 Å². The van der Waals surface area contributed by atoms with Gasteiger partial charge in [-0.25, -0.2) is 0 Å². The smallest absolute Gasteiger partial charge is 0.231 e. The van der Waals surface area contributed by atoms with Crippen molar-refractivity contribution in [1.82, 2.24) is 0 Å². The highest BCUT2D eigenvalue weighted by atomic mass is 35.5. The van der Waals surface area contributed by atoms with E-state index in [1.807, 2.05) is 6.92 Å². The van der Waals surface area contributed by atoms with E-state index in [1.165, 1.54) is 0 Å². The zero-order chi connectivity index (χ0) is 13.3. The van der Waals surface area contributed by atoms with Crippen molar-refractivity contribution in [3.8, 4) is 0 Å². The van der Waals surface area contributed by atoms with Gasteiger partial charge in [-0.3, -0.25) is 4.79 Å². The van der Waals surface area contributed by atoms with Crippen LogP contribution in [0.3, 0.4) is 0 Å². The van der Waals surface area contributed by atoms with Gasteiger partial charge in [0.15, 0.2) is 0 Å². The molecule has 2 unspecified atom stereocenters. The summed E-state index contributed by atoms with van der Waals surface area (Å²) in [6.45, 7) is 1.89. The summed E-state index contributed by atoms with van der Waals surface area (Å²) in [6.07, 6.45) is 2.64. The van der Waals surface area contributed by atoms with E-state index in [1.54, 1.807) is 18.2 Å². The molecule has 98 valence electrons. The number of nitrogens with two attached hydrogens (primary N) is 1. The number of rotatable bonds is 2. The van der Waals surface area contributed by atoms with Crippen molar-refractivity contribution >= 4 is 34.8 Å². The number of halogens is 2. The third kappa shape index (κ3) is 2.35. The molecule has 5 heteroatoms. The van der Waals surface area contributed by atoms with Gasteiger partial charge in [-0.15, -0.1) is 0 Å². The highest BCUT2D eigenvalue weighted by Crippen LogP contribution is 2.39. The second-order valence-electron chi connectivity index (χ2n) is 4.97. The molecule has 0 radical (unpaired) electrons. The van der Waals surface area contributed by atoms with E-state index in [-0.39, 0.29) is 11.9 Å². The van der Waals surface area contributed by atoms with E-state index in [9.17, 15) is 4.79 Å². The fourth-order valence-electron chi connectivity index (χ4n) is 2.35. The summed E-state index contributed by atoms with van der Waals surface area (Å²) in [6, 6.07) is 5.02. The first-order chi connectivity index (χ1) is 8.45. The Kier molecular flexibility index (Phi) is 3.85. The van der Waals surface area contributed by atoms with Crippen LogP contribution in [0.5, 0.6) is 0 Å². The Bertz CT molecular complexity index is 458. The van der Waals surface area contributed by atoms with Crippen molar-refractivity contribution < 1.29 is 4.79 Å². The maximum Gasteiger partial charge on any atom is 0.231 e. The molecule has 0 aromatic heterocycles. The van der Waals surface area contributed by atoms with Crippen molar-refractivity contribution in [2.45, 2.75) is 32.2 Å². The van der Waals surface area contributed by atoms with Crippen molar-refractivity contribution in [3.05, 3.63) is 28.2 Å². The van der Waals surface area contributed by atoms with Crippen LogP contribution < -0.4 is 11.1 Å². The predicted molar refractivity (Wildman–Crippen MR) is 75.0 cm³/mol. The number of carbonyl (C=O) groups excluding carboxylic acids is 1. The predicted octanol–water partition coefficient (Wildman–Crippen LogP) is 3.45. The van der Waals surface area contributed by atoms with Crippen molar-refractivity contribution in [3.63, 3.8) is 0 Å². The normalized spacial score (nSPS) is 27.2. The van der Waals surface area contributed by atoms with Gasteiger partial charge in [-0.05, 0) is 31.9 Å². The van der Waals surface area contributed by atoms with Crippen LogP contribution in [0.15, 0.2) is 18.2 Å². The maximum absolute atomic E-state index is 12.3. The summed E-state index contributed by atoms with van der Waals surface area (Å²) in [7, 11) is 0. The largest absolute Gasteiger partial charge is 0.327 e. The number of carbonyl (C=O) groups is 1. The van der Waals surface area contributed by atoms with E-state index in [2.05, 4.69) is 5.32 Å². The molecule has 1 aliphatic rings. The molecule has 1 amide bonds. The topological polar surface area (TPSA) is 55.1 Å². The summed E-state index contributed by atoms with van der Waals surface area (Å²) >= 11 is 12.1. The minimum absolute atomic E-state index is 0.109. The Morgan fingerprint density at radius 2 is 2.06 bits per heavy atom. The van der Waals surface area contributed by atoms with Crippen LogP contribution in [-0.2, 0) is 4.79 Å². The van der Waals surface area contributed by atoms with E-state index in [0.29, 0.717) is 15.7 Å². The fraction of sp³-hybridized carbons (Fsp3) is 0.462. The first kappa shape index (κ1) is 13.7. The number of benzene rings is 1. The molecule has 0 bridgehead atoms. The van der Waals surface area contributed by atoms with Crippen LogP contribution in [0.1, 0.15) is 26.2 Å². The Morgan fingerprint density at radius 1 is 1.44 bits per heavy atom. The van der Waals surface area contributed by atoms with E-state index < -0.39 is 5.41 Å². The SMILES string of the molecule is CC1(C(=O)Nc2c(Cl)cccc2Cl)CCCC1N.